The molecule has 1 aliphatic carbocycles. The highest BCUT2D eigenvalue weighted by atomic mass is 16.5. The molecule has 1 aromatic carbocycles. The van der Waals surface area contributed by atoms with Gasteiger partial charge >= 0.3 is 0 Å². The lowest BCUT2D eigenvalue weighted by molar-refractivity contribution is 0.285. The first-order chi connectivity index (χ1) is 9.74. The van der Waals surface area contributed by atoms with Gasteiger partial charge in [0.15, 0.2) is 5.82 Å². The summed E-state index contributed by atoms with van der Waals surface area (Å²) in [6.07, 6.45) is 2.31. The molecule has 0 aliphatic heterocycles. The van der Waals surface area contributed by atoms with E-state index in [0.29, 0.717) is 24.4 Å². The largest absolute Gasteiger partial charge is 0.497 e. The van der Waals surface area contributed by atoms with Crippen molar-refractivity contribution in [1.29, 1.82) is 0 Å². The lowest BCUT2D eigenvalue weighted by Gasteiger charge is -2.36. The zero-order valence-electron chi connectivity index (χ0n) is 11.8. The quantitative estimate of drug-likeness (QED) is 0.906. The van der Waals surface area contributed by atoms with Crippen LogP contribution in [0.5, 0.6) is 5.75 Å². The van der Waals surface area contributed by atoms with Gasteiger partial charge in [-0.05, 0) is 36.5 Å². The summed E-state index contributed by atoms with van der Waals surface area (Å²) in [5.74, 6) is 2.91. The van der Waals surface area contributed by atoms with Crippen molar-refractivity contribution in [1.82, 2.24) is 15.5 Å². The van der Waals surface area contributed by atoms with Crippen LogP contribution in [0, 0.1) is 6.92 Å². The SMILES string of the molecule is COc1ccc(C2CC(NCc3noc(C)n3)C2)cc1. The molecule has 1 aromatic heterocycles. The van der Waals surface area contributed by atoms with Gasteiger partial charge in [0.05, 0.1) is 13.7 Å². The van der Waals surface area contributed by atoms with Gasteiger partial charge in [0, 0.05) is 13.0 Å². The van der Waals surface area contributed by atoms with E-state index < -0.39 is 0 Å². The summed E-state index contributed by atoms with van der Waals surface area (Å²) in [4.78, 5) is 4.18. The van der Waals surface area contributed by atoms with Crippen molar-refractivity contribution in [3.63, 3.8) is 0 Å². The monoisotopic (exact) mass is 273 g/mol. The second-order valence-electron chi connectivity index (χ2n) is 5.25. The van der Waals surface area contributed by atoms with Gasteiger partial charge < -0.3 is 14.6 Å². The molecule has 1 aliphatic rings. The molecule has 1 fully saturated rings. The topological polar surface area (TPSA) is 60.2 Å². The minimum absolute atomic E-state index is 0.543. The third-order valence-electron chi connectivity index (χ3n) is 3.84. The van der Waals surface area contributed by atoms with Crippen molar-refractivity contribution in [2.45, 2.75) is 38.3 Å². The van der Waals surface area contributed by atoms with Gasteiger partial charge in [-0.2, -0.15) is 4.98 Å². The molecule has 0 radical (unpaired) electrons. The Morgan fingerprint density at radius 3 is 2.65 bits per heavy atom. The molecule has 5 nitrogen and oxygen atoms in total. The Balaban J connectivity index is 1.46. The summed E-state index contributed by atoms with van der Waals surface area (Å²) in [5, 5.41) is 7.34. The molecule has 0 bridgehead atoms. The number of rotatable bonds is 5. The lowest BCUT2D eigenvalue weighted by atomic mass is 9.76. The average Bonchev–Trinajstić information content (AvgIpc) is 2.83. The molecule has 0 atom stereocenters. The normalized spacial score (nSPS) is 21.5. The first-order valence-electron chi connectivity index (χ1n) is 6.91. The minimum atomic E-state index is 0.543. The van der Waals surface area contributed by atoms with Gasteiger partial charge in [-0.15, -0.1) is 0 Å². The third kappa shape index (κ3) is 2.82. The third-order valence-corrected chi connectivity index (χ3v) is 3.84. The highest BCUT2D eigenvalue weighted by molar-refractivity contribution is 5.30. The van der Waals surface area contributed by atoms with Crippen LogP contribution in [0.25, 0.3) is 0 Å². The average molecular weight is 273 g/mol. The number of methoxy groups -OCH3 is 1. The van der Waals surface area contributed by atoms with E-state index in [4.69, 9.17) is 9.26 Å². The Morgan fingerprint density at radius 1 is 1.30 bits per heavy atom. The van der Waals surface area contributed by atoms with Crippen molar-refractivity contribution in [3.05, 3.63) is 41.5 Å². The molecule has 3 rings (SSSR count). The second kappa shape index (κ2) is 5.63. The van der Waals surface area contributed by atoms with E-state index in [-0.39, 0.29) is 0 Å². The van der Waals surface area contributed by atoms with E-state index in [1.165, 1.54) is 5.56 Å². The van der Waals surface area contributed by atoms with E-state index >= 15 is 0 Å². The van der Waals surface area contributed by atoms with Gasteiger partial charge in [-0.25, -0.2) is 0 Å². The highest BCUT2D eigenvalue weighted by Crippen LogP contribution is 2.37. The minimum Gasteiger partial charge on any atom is -0.497 e. The zero-order chi connectivity index (χ0) is 13.9. The van der Waals surface area contributed by atoms with Gasteiger partial charge in [-0.3, -0.25) is 0 Å². The zero-order valence-corrected chi connectivity index (χ0v) is 11.8. The summed E-state index contributed by atoms with van der Waals surface area (Å²) in [6, 6.07) is 8.90. The number of hydrogen-bond donors (Lipinski definition) is 1. The predicted molar refractivity (Wildman–Crippen MR) is 74.6 cm³/mol. The Bertz CT molecular complexity index is 559. The molecule has 2 aromatic rings. The van der Waals surface area contributed by atoms with Gasteiger partial charge in [0.2, 0.25) is 5.89 Å². The number of nitrogens with zero attached hydrogens (tertiary/aromatic N) is 2. The molecule has 1 N–H and O–H groups in total. The molecule has 20 heavy (non-hydrogen) atoms. The van der Waals surface area contributed by atoms with Gasteiger partial charge in [0.1, 0.15) is 5.75 Å². The number of hydrogen-bond acceptors (Lipinski definition) is 5. The number of ether oxygens (including phenoxy) is 1. The summed E-state index contributed by atoms with van der Waals surface area (Å²) >= 11 is 0. The van der Waals surface area contributed by atoms with Crippen LogP contribution in [0.1, 0.15) is 36.0 Å². The Morgan fingerprint density at radius 2 is 2.05 bits per heavy atom. The molecule has 1 saturated carbocycles. The summed E-state index contributed by atoms with van der Waals surface area (Å²) < 4.78 is 10.1. The number of aryl methyl sites for hydroxylation is 1. The van der Waals surface area contributed by atoms with Crippen molar-refractivity contribution >= 4 is 0 Å². The van der Waals surface area contributed by atoms with Crippen LogP contribution < -0.4 is 10.1 Å². The van der Waals surface area contributed by atoms with Crippen LogP contribution >= 0.6 is 0 Å². The van der Waals surface area contributed by atoms with E-state index in [1.54, 1.807) is 14.0 Å². The maximum atomic E-state index is 5.18. The van der Waals surface area contributed by atoms with Crippen LogP contribution in [0.4, 0.5) is 0 Å². The molecule has 0 amide bonds. The molecule has 0 spiro atoms. The summed E-state index contributed by atoms with van der Waals surface area (Å²) in [5.41, 5.74) is 1.39. The van der Waals surface area contributed by atoms with Crippen molar-refractivity contribution in [2.24, 2.45) is 0 Å². The van der Waals surface area contributed by atoms with E-state index in [2.05, 4.69) is 27.6 Å². The van der Waals surface area contributed by atoms with Crippen molar-refractivity contribution in [3.8, 4) is 5.75 Å². The molecule has 0 unspecified atom stereocenters. The fraction of sp³-hybridized carbons (Fsp3) is 0.467. The smallest absolute Gasteiger partial charge is 0.223 e. The first kappa shape index (κ1) is 13.1. The van der Waals surface area contributed by atoms with Crippen LogP contribution in [0.3, 0.4) is 0 Å². The number of aromatic nitrogens is 2. The van der Waals surface area contributed by atoms with E-state index in [1.807, 2.05) is 12.1 Å². The maximum absolute atomic E-state index is 5.18. The van der Waals surface area contributed by atoms with Crippen LogP contribution in [-0.4, -0.2) is 23.3 Å². The van der Waals surface area contributed by atoms with Gasteiger partial charge in [-0.1, -0.05) is 17.3 Å². The molecular formula is C15H19N3O2. The summed E-state index contributed by atoms with van der Waals surface area (Å²) in [6.45, 7) is 2.48. The second-order valence-corrected chi connectivity index (χ2v) is 5.25. The lowest BCUT2D eigenvalue weighted by Crippen LogP contribution is -2.39. The van der Waals surface area contributed by atoms with Crippen molar-refractivity contribution in [2.75, 3.05) is 7.11 Å². The van der Waals surface area contributed by atoms with E-state index in [9.17, 15) is 0 Å². The maximum Gasteiger partial charge on any atom is 0.223 e. The summed E-state index contributed by atoms with van der Waals surface area (Å²) in [7, 11) is 1.69. The first-order valence-corrected chi connectivity index (χ1v) is 6.91. The van der Waals surface area contributed by atoms with E-state index in [0.717, 1.165) is 24.4 Å². The fourth-order valence-corrected chi connectivity index (χ4v) is 2.58. The molecule has 0 saturated heterocycles. The van der Waals surface area contributed by atoms with Gasteiger partial charge in [0.25, 0.3) is 0 Å². The van der Waals surface area contributed by atoms with Crippen LogP contribution in [0.15, 0.2) is 28.8 Å². The fourth-order valence-electron chi connectivity index (χ4n) is 2.58. The molecule has 1 heterocycles. The Kier molecular flexibility index (Phi) is 3.69. The number of benzene rings is 1. The number of nitrogens with one attached hydrogen (secondary N) is 1. The molecule has 5 heteroatoms. The van der Waals surface area contributed by atoms with Crippen LogP contribution in [-0.2, 0) is 6.54 Å². The highest BCUT2D eigenvalue weighted by Gasteiger charge is 2.30. The predicted octanol–water partition coefficient (Wildman–Crippen LogP) is 2.42. The molecule has 106 valence electrons. The Labute approximate surface area is 118 Å². The molecular weight excluding hydrogens is 254 g/mol. The van der Waals surface area contributed by atoms with Crippen LogP contribution in [0.2, 0.25) is 0 Å². The standard InChI is InChI=1S/C15H19N3O2/c1-10-17-15(18-20-10)9-16-13-7-12(8-13)11-3-5-14(19-2)6-4-11/h3-6,12-13,16H,7-9H2,1-2H3. The Hall–Kier alpha value is -1.88. The van der Waals surface area contributed by atoms with Crippen molar-refractivity contribution < 1.29 is 9.26 Å².